The van der Waals surface area contributed by atoms with Crippen LogP contribution in [0.5, 0.6) is 0 Å². The van der Waals surface area contributed by atoms with Crippen molar-refractivity contribution in [3.05, 3.63) is 205 Å². The summed E-state index contributed by atoms with van der Waals surface area (Å²) in [7, 11) is 0. The summed E-state index contributed by atoms with van der Waals surface area (Å²) >= 11 is 0. The molecule has 0 nitrogen and oxygen atoms in total. The van der Waals surface area contributed by atoms with Crippen LogP contribution in [0.3, 0.4) is 0 Å². The Morgan fingerprint density at radius 2 is 0.719 bits per heavy atom. The summed E-state index contributed by atoms with van der Waals surface area (Å²) in [5.74, 6) is 0. The lowest BCUT2D eigenvalue weighted by molar-refractivity contribution is 0.660. The normalized spacial score (nSPS) is 13.2. The molecular weight excluding hydrogens is 685 g/mol. The second kappa shape index (κ2) is 12.0. The maximum Gasteiger partial charge on any atom is 0.0159 e. The highest BCUT2D eigenvalue weighted by atomic mass is 14.4. The molecule has 0 N–H and O–H groups in total. The number of hydrogen-bond acceptors (Lipinski definition) is 0. The predicted octanol–water partition coefficient (Wildman–Crippen LogP) is 15.9. The van der Waals surface area contributed by atoms with Gasteiger partial charge in [-0.25, -0.2) is 0 Å². The van der Waals surface area contributed by atoms with Crippen LogP contribution in [-0.4, -0.2) is 0 Å². The van der Waals surface area contributed by atoms with Gasteiger partial charge in [-0.3, -0.25) is 0 Å². The van der Waals surface area contributed by atoms with Crippen LogP contribution in [0.4, 0.5) is 0 Å². The molecule has 0 saturated heterocycles. The molecule has 0 fully saturated rings. The molecule has 1 aliphatic rings. The first-order chi connectivity index (χ1) is 28.1. The van der Waals surface area contributed by atoms with Gasteiger partial charge >= 0.3 is 0 Å². The van der Waals surface area contributed by atoms with E-state index >= 15 is 0 Å². The Labute approximate surface area is 332 Å². The first kappa shape index (κ1) is 32.2. The molecule has 0 heterocycles. The number of benzene rings is 11. The topological polar surface area (TPSA) is 0 Å². The third-order valence-corrected chi connectivity index (χ3v) is 13.0. The van der Waals surface area contributed by atoms with Crippen LogP contribution >= 0.6 is 0 Å². The summed E-state index contributed by atoms with van der Waals surface area (Å²) in [5, 5.41) is 15.4. The van der Waals surface area contributed by atoms with Crippen molar-refractivity contribution in [3.8, 4) is 44.5 Å². The van der Waals surface area contributed by atoms with Gasteiger partial charge in [0.1, 0.15) is 0 Å². The van der Waals surface area contributed by atoms with Gasteiger partial charge in [-0.15, -0.1) is 0 Å². The molecule has 0 aliphatic heterocycles. The minimum Gasteiger partial charge on any atom is -0.0619 e. The molecule has 11 aromatic carbocycles. The van der Waals surface area contributed by atoms with E-state index in [1.165, 1.54) is 120 Å². The van der Waals surface area contributed by atoms with Crippen LogP contribution in [0.2, 0.25) is 0 Å². The summed E-state index contributed by atoms with van der Waals surface area (Å²) in [6.45, 7) is 4.76. The molecule has 12 rings (SSSR count). The summed E-state index contributed by atoms with van der Waals surface area (Å²) < 4.78 is 0. The van der Waals surface area contributed by atoms with Crippen LogP contribution < -0.4 is 0 Å². The van der Waals surface area contributed by atoms with Crippen LogP contribution in [0.15, 0.2) is 194 Å². The lowest BCUT2D eigenvalue weighted by Gasteiger charge is -2.23. The van der Waals surface area contributed by atoms with E-state index in [1.54, 1.807) is 0 Å². The Kier molecular flexibility index (Phi) is 6.78. The standard InChI is InChI=1S/C57H38/c1-57(2)52-27-12-11-24-48(52)56-49(26-14-28-53(56)57)55-46-23-10-9-22-45(46)54(47-32-29-36(33-51(47)55)39-25-13-16-35-15-3-4-17-38(35)39)37-30-31-44-42-20-6-5-18-40(42)41-19-7-8-21-43(41)50(44)34-37/h3-34H,1-2H3. The number of rotatable bonds is 3. The highest BCUT2D eigenvalue weighted by molar-refractivity contribution is 6.28. The van der Waals surface area contributed by atoms with E-state index in [-0.39, 0.29) is 5.41 Å². The molecule has 0 spiro atoms. The average Bonchev–Trinajstić information content (AvgIpc) is 3.51. The first-order valence-electron chi connectivity index (χ1n) is 20.1. The highest BCUT2D eigenvalue weighted by Crippen LogP contribution is 2.55. The van der Waals surface area contributed by atoms with Gasteiger partial charge in [0.2, 0.25) is 0 Å². The Balaban J connectivity index is 1.23. The maximum atomic E-state index is 2.48. The predicted molar refractivity (Wildman–Crippen MR) is 245 cm³/mol. The van der Waals surface area contributed by atoms with E-state index < -0.39 is 0 Å². The van der Waals surface area contributed by atoms with Crippen molar-refractivity contribution in [1.82, 2.24) is 0 Å². The molecule has 0 bridgehead atoms. The van der Waals surface area contributed by atoms with Crippen molar-refractivity contribution in [2.45, 2.75) is 19.3 Å². The molecule has 0 aromatic heterocycles. The van der Waals surface area contributed by atoms with Crippen LogP contribution in [-0.2, 0) is 5.41 Å². The van der Waals surface area contributed by atoms with Gasteiger partial charge in [-0.05, 0) is 132 Å². The van der Waals surface area contributed by atoms with Crippen molar-refractivity contribution in [3.63, 3.8) is 0 Å². The zero-order chi connectivity index (χ0) is 37.8. The fourth-order valence-electron chi connectivity index (χ4n) is 10.5. The molecule has 0 saturated carbocycles. The van der Waals surface area contributed by atoms with E-state index in [0.717, 1.165) is 0 Å². The van der Waals surface area contributed by atoms with Gasteiger partial charge < -0.3 is 0 Å². The minimum absolute atomic E-state index is 0.0976. The van der Waals surface area contributed by atoms with E-state index in [9.17, 15) is 0 Å². The van der Waals surface area contributed by atoms with Crippen LogP contribution in [0.25, 0.3) is 109 Å². The molecule has 11 aromatic rings. The van der Waals surface area contributed by atoms with E-state index in [2.05, 4.69) is 208 Å². The molecule has 0 unspecified atom stereocenters. The second-order valence-electron chi connectivity index (χ2n) is 16.3. The smallest absolute Gasteiger partial charge is 0.0159 e. The molecule has 0 amide bonds. The van der Waals surface area contributed by atoms with Crippen molar-refractivity contribution in [2.24, 2.45) is 0 Å². The fourth-order valence-corrected chi connectivity index (χ4v) is 10.5. The second-order valence-corrected chi connectivity index (χ2v) is 16.3. The molecule has 266 valence electrons. The summed E-state index contributed by atoms with van der Waals surface area (Å²) in [6.07, 6.45) is 0. The molecule has 0 atom stereocenters. The maximum absolute atomic E-state index is 2.48. The first-order valence-corrected chi connectivity index (χ1v) is 20.1. The lowest BCUT2D eigenvalue weighted by Crippen LogP contribution is -2.14. The van der Waals surface area contributed by atoms with Gasteiger partial charge in [0, 0.05) is 5.41 Å². The third kappa shape index (κ3) is 4.56. The summed E-state index contributed by atoms with van der Waals surface area (Å²) in [6, 6.07) is 72.8. The number of fused-ring (bicyclic) bond motifs is 12. The van der Waals surface area contributed by atoms with Crippen molar-refractivity contribution in [1.29, 1.82) is 0 Å². The highest BCUT2D eigenvalue weighted by Gasteiger charge is 2.37. The lowest BCUT2D eigenvalue weighted by atomic mass is 9.80. The quantitative estimate of drug-likeness (QED) is 0.126. The van der Waals surface area contributed by atoms with Crippen molar-refractivity contribution in [2.75, 3.05) is 0 Å². The van der Waals surface area contributed by atoms with Crippen LogP contribution in [0.1, 0.15) is 25.0 Å². The van der Waals surface area contributed by atoms with E-state index in [4.69, 9.17) is 0 Å². The van der Waals surface area contributed by atoms with Crippen LogP contribution in [0, 0.1) is 0 Å². The Morgan fingerprint density at radius 1 is 0.263 bits per heavy atom. The summed E-state index contributed by atoms with van der Waals surface area (Å²) in [4.78, 5) is 0. The molecule has 0 radical (unpaired) electrons. The molecular formula is C57H38. The Hall–Kier alpha value is -7.02. The molecule has 57 heavy (non-hydrogen) atoms. The summed E-state index contributed by atoms with van der Waals surface area (Å²) in [5.41, 5.74) is 13.0. The van der Waals surface area contributed by atoms with Gasteiger partial charge in [0.15, 0.2) is 0 Å². The van der Waals surface area contributed by atoms with Gasteiger partial charge in [0.05, 0.1) is 0 Å². The SMILES string of the molecule is CC1(C)c2ccccc2-c2c(-c3c4ccccc4c(-c4ccc5c6ccccc6c6ccccc6c5c4)c4ccc(-c5cccc6ccccc56)cc34)cccc21. The van der Waals surface area contributed by atoms with Gasteiger partial charge in [0.25, 0.3) is 0 Å². The Morgan fingerprint density at radius 3 is 1.47 bits per heavy atom. The van der Waals surface area contributed by atoms with E-state index in [1.807, 2.05) is 0 Å². The molecule has 0 heteroatoms. The zero-order valence-electron chi connectivity index (χ0n) is 32.0. The van der Waals surface area contributed by atoms with E-state index in [0.29, 0.717) is 0 Å². The van der Waals surface area contributed by atoms with Crippen molar-refractivity contribution >= 4 is 64.6 Å². The largest absolute Gasteiger partial charge is 0.0619 e. The Bertz CT molecular complexity index is 3450. The zero-order valence-corrected chi connectivity index (χ0v) is 32.0. The monoisotopic (exact) mass is 722 g/mol. The number of hydrogen-bond donors (Lipinski definition) is 0. The average molecular weight is 723 g/mol. The van der Waals surface area contributed by atoms with Gasteiger partial charge in [-0.2, -0.15) is 0 Å². The van der Waals surface area contributed by atoms with Crippen molar-refractivity contribution < 1.29 is 0 Å². The third-order valence-electron chi connectivity index (χ3n) is 13.0. The van der Waals surface area contributed by atoms with Gasteiger partial charge in [-0.1, -0.05) is 196 Å². The molecule has 1 aliphatic carbocycles. The minimum atomic E-state index is -0.0976. The fraction of sp³-hybridized carbons (Fsp3) is 0.0526.